The van der Waals surface area contributed by atoms with Gasteiger partial charge in [0.1, 0.15) is 0 Å². The summed E-state index contributed by atoms with van der Waals surface area (Å²) in [6.07, 6.45) is 5.83. The number of rotatable bonds is 4. The Bertz CT molecular complexity index is 524. The first kappa shape index (κ1) is 13.2. The van der Waals surface area contributed by atoms with E-state index in [0.29, 0.717) is 17.9 Å². The highest BCUT2D eigenvalue weighted by molar-refractivity contribution is 5.94. The predicted octanol–water partition coefficient (Wildman–Crippen LogP) is 2.55. The lowest BCUT2D eigenvalue weighted by Crippen LogP contribution is -2.20. The first-order valence-electron chi connectivity index (χ1n) is 7.31. The smallest absolute Gasteiger partial charge is 0.248 e. The van der Waals surface area contributed by atoms with E-state index in [9.17, 15) is 9.59 Å². The van der Waals surface area contributed by atoms with Gasteiger partial charge in [-0.2, -0.15) is 0 Å². The number of fused-ring (bicyclic) bond motifs is 2. The predicted molar refractivity (Wildman–Crippen MR) is 77.1 cm³/mol. The Balaban J connectivity index is 1.55. The molecule has 2 saturated carbocycles. The first-order valence-corrected chi connectivity index (χ1v) is 7.31. The van der Waals surface area contributed by atoms with Crippen LogP contribution < -0.4 is 11.1 Å². The molecule has 1 aromatic rings. The molecule has 20 heavy (non-hydrogen) atoms. The number of hydrogen-bond acceptors (Lipinski definition) is 2. The number of anilines is 1. The minimum Gasteiger partial charge on any atom is -0.366 e. The third kappa shape index (κ3) is 2.69. The Morgan fingerprint density at radius 1 is 1.15 bits per heavy atom. The third-order valence-corrected chi connectivity index (χ3v) is 4.79. The highest BCUT2D eigenvalue weighted by atomic mass is 16.2. The molecule has 1 aromatic carbocycles. The van der Waals surface area contributed by atoms with Crippen molar-refractivity contribution in [2.45, 2.75) is 32.1 Å². The zero-order valence-corrected chi connectivity index (χ0v) is 11.5. The van der Waals surface area contributed by atoms with Crippen LogP contribution in [0, 0.1) is 17.8 Å². The number of carbonyl (C=O) groups excluding carboxylic acids is 2. The van der Waals surface area contributed by atoms with Gasteiger partial charge in [-0.3, -0.25) is 9.59 Å². The highest BCUT2D eigenvalue weighted by Gasteiger charge is 2.40. The standard InChI is InChI=1S/C16H20N2O2/c17-16(20)11-3-5-14(6-4-11)18-15(19)9-13-8-10-1-2-12(13)7-10/h3-6,10,12-13H,1-2,7-9H2,(H2,17,20)(H,18,19)/t10-,12+,13-/m0/s1. The van der Waals surface area contributed by atoms with E-state index in [1.165, 1.54) is 25.7 Å². The fraction of sp³-hybridized carbons (Fsp3) is 0.500. The lowest BCUT2D eigenvalue weighted by molar-refractivity contribution is -0.117. The van der Waals surface area contributed by atoms with Gasteiger partial charge in [0.25, 0.3) is 0 Å². The van der Waals surface area contributed by atoms with Crippen LogP contribution in [0.25, 0.3) is 0 Å². The van der Waals surface area contributed by atoms with Crippen LogP contribution >= 0.6 is 0 Å². The van der Waals surface area contributed by atoms with Gasteiger partial charge in [-0.15, -0.1) is 0 Å². The monoisotopic (exact) mass is 272 g/mol. The van der Waals surface area contributed by atoms with E-state index < -0.39 is 5.91 Å². The number of primary amides is 1. The van der Waals surface area contributed by atoms with Gasteiger partial charge in [0, 0.05) is 17.7 Å². The molecular formula is C16H20N2O2. The number of nitrogens with one attached hydrogen (secondary N) is 1. The zero-order chi connectivity index (χ0) is 14.1. The molecular weight excluding hydrogens is 252 g/mol. The summed E-state index contributed by atoms with van der Waals surface area (Å²) < 4.78 is 0. The summed E-state index contributed by atoms with van der Waals surface area (Å²) in [6.45, 7) is 0. The number of nitrogens with two attached hydrogens (primary N) is 1. The van der Waals surface area contributed by atoms with Crippen LogP contribution in [-0.4, -0.2) is 11.8 Å². The maximum Gasteiger partial charge on any atom is 0.248 e. The molecule has 4 nitrogen and oxygen atoms in total. The molecule has 0 radical (unpaired) electrons. The van der Waals surface area contributed by atoms with Crippen molar-refractivity contribution < 1.29 is 9.59 Å². The normalized spacial score (nSPS) is 27.5. The van der Waals surface area contributed by atoms with Crippen LogP contribution in [-0.2, 0) is 4.79 Å². The van der Waals surface area contributed by atoms with E-state index >= 15 is 0 Å². The number of amides is 2. The van der Waals surface area contributed by atoms with Gasteiger partial charge in [0.15, 0.2) is 0 Å². The van der Waals surface area contributed by atoms with Crippen molar-refractivity contribution >= 4 is 17.5 Å². The van der Waals surface area contributed by atoms with Crippen molar-refractivity contribution in [1.29, 1.82) is 0 Å². The summed E-state index contributed by atoms with van der Waals surface area (Å²) in [4.78, 5) is 23.0. The Morgan fingerprint density at radius 2 is 1.90 bits per heavy atom. The summed E-state index contributed by atoms with van der Waals surface area (Å²) in [5.74, 6) is 1.83. The van der Waals surface area contributed by atoms with Gasteiger partial charge in [-0.1, -0.05) is 6.42 Å². The lowest BCUT2D eigenvalue weighted by Gasteiger charge is -2.20. The minimum atomic E-state index is -0.454. The second-order valence-electron chi connectivity index (χ2n) is 6.13. The van der Waals surface area contributed by atoms with Gasteiger partial charge in [0.2, 0.25) is 11.8 Å². The van der Waals surface area contributed by atoms with Crippen LogP contribution in [0.3, 0.4) is 0 Å². The van der Waals surface area contributed by atoms with E-state index in [4.69, 9.17) is 5.73 Å². The van der Waals surface area contributed by atoms with Gasteiger partial charge in [0.05, 0.1) is 0 Å². The van der Waals surface area contributed by atoms with Gasteiger partial charge >= 0.3 is 0 Å². The minimum absolute atomic E-state index is 0.0781. The molecule has 0 unspecified atom stereocenters. The third-order valence-electron chi connectivity index (χ3n) is 4.79. The first-order chi connectivity index (χ1) is 9.61. The Labute approximate surface area is 118 Å². The van der Waals surface area contributed by atoms with E-state index in [1.807, 2.05) is 0 Å². The van der Waals surface area contributed by atoms with Gasteiger partial charge in [-0.05, 0) is 61.3 Å². The van der Waals surface area contributed by atoms with E-state index in [-0.39, 0.29) is 5.91 Å². The molecule has 3 rings (SSSR count). The topological polar surface area (TPSA) is 72.2 Å². The molecule has 2 fully saturated rings. The van der Waals surface area contributed by atoms with Gasteiger partial charge < -0.3 is 11.1 Å². The number of benzene rings is 1. The van der Waals surface area contributed by atoms with E-state index in [1.54, 1.807) is 24.3 Å². The molecule has 2 aliphatic rings. The van der Waals surface area contributed by atoms with E-state index in [0.717, 1.165) is 17.5 Å². The van der Waals surface area contributed by atoms with Crippen LogP contribution in [0.2, 0.25) is 0 Å². The van der Waals surface area contributed by atoms with Gasteiger partial charge in [-0.25, -0.2) is 0 Å². The molecule has 0 aromatic heterocycles. The average molecular weight is 272 g/mol. The average Bonchev–Trinajstić information content (AvgIpc) is 3.01. The number of carbonyl (C=O) groups is 2. The highest BCUT2D eigenvalue weighted by Crippen LogP contribution is 2.49. The maximum absolute atomic E-state index is 12.1. The second kappa shape index (κ2) is 5.27. The maximum atomic E-state index is 12.1. The largest absolute Gasteiger partial charge is 0.366 e. The van der Waals surface area contributed by atoms with Crippen LogP contribution in [0.5, 0.6) is 0 Å². The molecule has 2 aliphatic carbocycles. The Hall–Kier alpha value is -1.84. The SMILES string of the molecule is NC(=O)c1ccc(NC(=O)C[C@@H]2C[C@H]3CC[C@@H]2C3)cc1. The Kier molecular flexibility index (Phi) is 3.47. The summed E-state index contributed by atoms with van der Waals surface area (Å²) >= 11 is 0. The van der Waals surface area contributed by atoms with Crippen LogP contribution in [0.4, 0.5) is 5.69 Å². The van der Waals surface area contributed by atoms with Crippen molar-refractivity contribution in [2.24, 2.45) is 23.5 Å². The van der Waals surface area contributed by atoms with Crippen molar-refractivity contribution in [3.05, 3.63) is 29.8 Å². The van der Waals surface area contributed by atoms with Crippen LogP contribution in [0.1, 0.15) is 42.5 Å². The summed E-state index contributed by atoms with van der Waals surface area (Å²) in [5, 5.41) is 2.90. The fourth-order valence-electron chi connectivity index (χ4n) is 3.79. The van der Waals surface area contributed by atoms with Crippen molar-refractivity contribution in [2.75, 3.05) is 5.32 Å². The summed E-state index contributed by atoms with van der Waals surface area (Å²) in [7, 11) is 0. The molecule has 0 aliphatic heterocycles. The van der Waals surface area contributed by atoms with E-state index in [2.05, 4.69) is 5.32 Å². The Morgan fingerprint density at radius 3 is 2.45 bits per heavy atom. The zero-order valence-electron chi connectivity index (χ0n) is 11.5. The van der Waals surface area contributed by atoms with Crippen molar-refractivity contribution in [1.82, 2.24) is 0 Å². The van der Waals surface area contributed by atoms with Crippen molar-refractivity contribution in [3.8, 4) is 0 Å². The molecule has 2 bridgehead atoms. The molecule has 3 N–H and O–H groups in total. The molecule has 0 spiro atoms. The molecule has 2 amide bonds. The second-order valence-corrected chi connectivity index (χ2v) is 6.13. The molecule has 0 heterocycles. The quantitative estimate of drug-likeness (QED) is 0.884. The molecule has 4 heteroatoms. The van der Waals surface area contributed by atoms with Crippen LogP contribution in [0.15, 0.2) is 24.3 Å². The molecule has 0 saturated heterocycles. The summed E-state index contributed by atoms with van der Waals surface area (Å²) in [6, 6.07) is 6.71. The molecule has 106 valence electrons. The summed E-state index contributed by atoms with van der Waals surface area (Å²) in [5.41, 5.74) is 6.36. The molecule has 3 atom stereocenters. The fourth-order valence-corrected chi connectivity index (χ4v) is 3.79. The number of hydrogen-bond donors (Lipinski definition) is 2. The lowest BCUT2D eigenvalue weighted by atomic mass is 9.86. The van der Waals surface area contributed by atoms with Crippen molar-refractivity contribution in [3.63, 3.8) is 0 Å².